The second-order valence-corrected chi connectivity index (χ2v) is 3.09. The summed E-state index contributed by atoms with van der Waals surface area (Å²) in [6.45, 7) is 2.62. The quantitative estimate of drug-likeness (QED) is 0.710. The van der Waals surface area contributed by atoms with Gasteiger partial charge in [-0.15, -0.1) is 0 Å². The predicted octanol–water partition coefficient (Wildman–Crippen LogP) is 2.90. The number of hydrogen-bond acceptors (Lipinski definition) is 2. The van der Waals surface area contributed by atoms with E-state index in [-0.39, 0.29) is 12.2 Å². The molecule has 0 saturated carbocycles. The fraction of sp³-hybridized carbons (Fsp3) is 0.308. The minimum atomic E-state index is -1.75. The largest absolute Gasteiger partial charge is 0.466 e. The maximum Gasteiger partial charge on any atom is 0.313 e. The lowest BCUT2D eigenvalue weighted by molar-refractivity contribution is -0.145. The van der Waals surface area contributed by atoms with Crippen molar-refractivity contribution in [3.8, 4) is 0 Å². The maximum atomic E-state index is 11.8. The topological polar surface area (TPSA) is 26.3 Å². The van der Waals surface area contributed by atoms with E-state index in [2.05, 4.69) is 0 Å². The van der Waals surface area contributed by atoms with E-state index in [0.29, 0.717) is 5.56 Å². The number of carbonyl (C=O) groups excluding carboxylic acids is 1. The molecule has 0 fully saturated rings. The Hall–Kier alpha value is -1.57. The first-order valence-electron chi connectivity index (χ1n) is 6.31. The van der Waals surface area contributed by atoms with Crippen LogP contribution in [-0.2, 0) is 9.53 Å². The number of benzene rings is 1. The van der Waals surface area contributed by atoms with Crippen LogP contribution >= 0.6 is 0 Å². The summed E-state index contributed by atoms with van der Waals surface area (Å²) in [7, 11) is 0. The number of rotatable bonds is 4. The highest BCUT2D eigenvalue weighted by atomic mass is 16.5. The van der Waals surface area contributed by atoms with Gasteiger partial charge in [0.2, 0.25) is 0 Å². The zero-order chi connectivity index (χ0) is 13.8. The van der Waals surface area contributed by atoms with Gasteiger partial charge in [-0.05, 0) is 25.0 Å². The Kier molecular flexibility index (Phi) is 2.74. The van der Waals surface area contributed by atoms with Gasteiger partial charge in [0.25, 0.3) is 0 Å². The van der Waals surface area contributed by atoms with Crippen molar-refractivity contribution in [2.75, 3.05) is 6.61 Å². The van der Waals surface area contributed by atoms with E-state index in [0.717, 1.165) is 0 Å². The van der Waals surface area contributed by atoms with Crippen molar-refractivity contribution in [3.63, 3.8) is 0 Å². The Morgan fingerprint density at radius 2 is 2.27 bits per heavy atom. The number of ether oxygens (including phenoxy) is 1. The van der Waals surface area contributed by atoms with Gasteiger partial charge >= 0.3 is 5.97 Å². The number of carbonyl (C=O) groups is 1. The predicted molar refractivity (Wildman–Crippen MR) is 61.3 cm³/mol. The van der Waals surface area contributed by atoms with Crippen LogP contribution in [0.4, 0.5) is 0 Å². The molecule has 0 amide bonds. The minimum absolute atomic E-state index is 0.0431. The van der Waals surface area contributed by atoms with Gasteiger partial charge in [-0.1, -0.05) is 36.9 Å². The molecule has 0 N–H and O–H groups in total. The molecule has 2 heteroatoms. The normalized spacial score (nSPS) is 16.5. The van der Waals surface area contributed by atoms with Crippen LogP contribution in [0.1, 0.15) is 23.5 Å². The molecule has 0 saturated heterocycles. The number of hydrogen-bond donors (Lipinski definition) is 0. The van der Waals surface area contributed by atoms with Gasteiger partial charge in [-0.25, -0.2) is 0 Å². The second-order valence-electron chi connectivity index (χ2n) is 3.09. The average Bonchev–Trinajstić information content (AvgIpc) is 2.30. The van der Waals surface area contributed by atoms with Crippen LogP contribution in [0.3, 0.4) is 0 Å². The first-order chi connectivity index (χ1) is 8.41. The van der Waals surface area contributed by atoms with Crippen LogP contribution < -0.4 is 0 Å². The monoisotopic (exact) mass is 207 g/mol. The molecule has 0 bridgehead atoms. The van der Waals surface area contributed by atoms with Crippen LogP contribution in [-0.4, -0.2) is 12.6 Å². The Morgan fingerprint density at radius 3 is 2.80 bits per heavy atom. The van der Waals surface area contributed by atoms with E-state index in [1.807, 2.05) is 0 Å². The molecule has 0 aromatic heterocycles. The van der Waals surface area contributed by atoms with Crippen molar-refractivity contribution in [3.05, 3.63) is 42.4 Å². The summed E-state index contributed by atoms with van der Waals surface area (Å²) in [6.07, 6.45) is 0. The first kappa shape index (κ1) is 7.69. The summed E-state index contributed by atoms with van der Waals surface area (Å²) in [6, 6.07) is 8.61. The molecule has 0 aliphatic carbocycles. The molecule has 2 nitrogen and oxygen atoms in total. The lowest BCUT2D eigenvalue weighted by Crippen LogP contribution is -2.15. The average molecular weight is 207 g/mol. The third-order valence-corrected chi connectivity index (χ3v) is 2.02. The van der Waals surface area contributed by atoms with Crippen molar-refractivity contribution >= 4 is 11.5 Å². The highest BCUT2D eigenvalue weighted by Crippen LogP contribution is 2.21. The first-order valence-corrected chi connectivity index (χ1v) is 4.81. The van der Waals surface area contributed by atoms with E-state index in [9.17, 15) is 4.79 Å². The Labute approximate surface area is 94.8 Å². The minimum Gasteiger partial charge on any atom is -0.466 e. The van der Waals surface area contributed by atoms with Crippen LogP contribution in [0.2, 0.25) is 0 Å². The molecule has 15 heavy (non-hydrogen) atoms. The van der Waals surface area contributed by atoms with Gasteiger partial charge < -0.3 is 4.74 Å². The van der Waals surface area contributed by atoms with Crippen molar-refractivity contribution in [2.45, 2.75) is 13.8 Å². The highest BCUT2D eigenvalue weighted by molar-refractivity contribution is 5.87. The molecule has 0 spiro atoms. The molecule has 0 heterocycles. The molecule has 0 radical (unpaired) electrons. The van der Waals surface area contributed by atoms with Gasteiger partial charge in [-0.2, -0.15) is 0 Å². The molecular weight excluding hydrogens is 188 g/mol. The lowest BCUT2D eigenvalue weighted by Gasteiger charge is -2.13. The SMILES string of the molecule is [2H]C([2H])=C(c1ccccc1)C([2H])(C)C(=O)OCC. The standard InChI is InChI=1S/C13H16O2/c1-4-15-13(14)11(3)10(2)12-8-6-5-7-9-12/h5-9,11H,2,4H2,1,3H3/i2D2,11D. The van der Waals surface area contributed by atoms with Crippen molar-refractivity contribution < 1.29 is 13.6 Å². The van der Waals surface area contributed by atoms with Gasteiger partial charge in [0, 0.05) is 1.37 Å². The summed E-state index contributed by atoms with van der Waals surface area (Å²) in [5.41, 5.74) is 0.560. The fourth-order valence-electron chi connectivity index (χ4n) is 1.16. The highest BCUT2D eigenvalue weighted by Gasteiger charge is 2.18. The molecule has 0 aliphatic rings. The smallest absolute Gasteiger partial charge is 0.313 e. The van der Waals surface area contributed by atoms with E-state index in [4.69, 9.17) is 8.85 Å². The van der Waals surface area contributed by atoms with E-state index in [1.165, 1.54) is 6.92 Å². The zero-order valence-corrected chi connectivity index (χ0v) is 8.91. The van der Waals surface area contributed by atoms with E-state index < -0.39 is 18.4 Å². The summed E-state index contributed by atoms with van der Waals surface area (Å²) in [5, 5.41) is 0. The molecule has 1 atom stereocenters. The second kappa shape index (κ2) is 5.35. The molecule has 1 aromatic carbocycles. The molecule has 0 aliphatic heterocycles. The summed E-state index contributed by atoms with van der Waals surface area (Å²) >= 11 is 0. The van der Waals surface area contributed by atoms with Crippen LogP contribution in [0, 0.1) is 5.89 Å². The Morgan fingerprint density at radius 1 is 1.60 bits per heavy atom. The lowest BCUT2D eigenvalue weighted by atomic mass is 9.96. The van der Waals surface area contributed by atoms with Crippen LogP contribution in [0.15, 0.2) is 36.9 Å². The maximum absolute atomic E-state index is 11.8. The third-order valence-electron chi connectivity index (χ3n) is 2.02. The van der Waals surface area contributed by atoms with Gasteiger partial charge in [0.1, 0.15) is 0 Å². The van der Waals surface area contributed by atoms with Crippen molar-refractivity contribution in [1.82, 2.24) is 0 Å². The van der Waals surface area contributed by atoms with Gasteiger partial charge in [-0.3, -0.25) is 4.79 Å². The summed E-state index contributed by atoms with van der Waals surface area (Å²) in [4.78, 5) is 11.8. The van der Waals surface area contributed by atoms with Gasteiger partial charge in [0.05, 0.1) is 15.2 Å². The zero-order valence-electron chi connectivity index (χ0n) is 11.9. The molecule has 80 valence electrons. The molecule has 1 aromatic rings. The summed E-state index contributed by atoms with van der Waals surface area (Å²) < 4.78 is 27.9. The third kappa shape index (κ3) is 2.94. The van der Waals surface area contributed by atoms with Crippen LogP contribution in [0.25, 0.3) is 5.57 Å². The van der Waals surface area contributed by atoms with Crippen LogP contribution in [0.5, 0.6) is 0 Å². The Bertz CT molecular complexity index is 449. The Balaban J connectivity index is 3.24. The summed E-state index contributed by atoms with van der Waals surface area (Å²) in [5.74, 6) is -2.50. The van der Waals surface area contributed by atoms with E-state index in [1.54, 1.807) is 37.3 Å². The molecule has 1 unspecified atom stereocenters. The van der Waals surface area contributed by atoms with Gasteiger partial charge in [0.15, 0.2) is 0 Å². The van der Waals surface area contributed by atoms with E-state index >= 15 is 0 Å². The molecular formula is C13H16O2. The van der Waals surface area contributed by atoms with Crippen molar-refractivity contribution in [1.29, 1.82) is 0 Å². The molecule has 1 rings (SSSR count). The van der Waals surface area contributed by atoms with Crippen molar-refractivity contribution in [2.24, 2.45) is 5.89 Å². The number of esters is 1. The fourth-order valence-corrected chi connectivity index (χ4v) is 1.16.